The SMILES string of the molecule is Cc1ccc(-n2nc(NCC(=O)Nc3cc(C)nn3C)cc2C)cc1. The van der Waals surface area contributed by atoms with Crippen LogP contribution in [0.2, 0.25) is 0 Å². The zero-order valence-electron chi connectivity index (χ0n) is 14.9. The highest BCUT2D eigenvalue weighted by atomic mass is 16.2. The molecule has 130 valence electrons. The Morgan fingerprint density at radius 2 is 1.80 bits per heavy atom. The van der Waals surface area contributed by atoms with E-state index in [-0.39, 0.29) is 12.5 Å². The lowest BCUT2D eigenvalue weighted by atomic mass is 10.2. The molecule has 7 nitrogen and oxygen atoms in total. The first kappa shape index (κ1) is 16.8. The predicted octanol–water partition coefficient (Wildman–Crippen LogP) is 2.58. The molecule has 3 aromatic rings. The van der Waals surface area contributed by atoms with E-state index in [9.17, 15) is 4.79 Å². The molecule has 0 saturated heterocycles. The molecule has 2 heterocycles. The summed E-state index contributed by atoms with van der Waals surface area (Å²) >= 11 is 0. The molecule has 1 aromatic carbocycles. The van der Waals surface area contributed by atoms with Crippen LogP contribution in [0, 0.1) is 20.8 Å². The van der Waals surface area contributed by atoms with Gasteiger partial charge in [0.2, 0.25) is 5.91 Å². The third-order valence-electron chi connectivity index (χ3n) is 3.87. The second-order valence-corrected chi connectivity index (χ2v) is 6.11. The first-order valence-electron chi connectivity index (χ1n) is 8.10. The van der Waals surface area contributed by atoms with Crippen molar-refractivity contribution in [3.05, 3.63) is 53.3 Å². The summed E-state index contributed by atoms with van der Waals surface area (Å²) in [5.74, 6) is 1.19. The van der Waals surface area contributed by atoms with Gasteiger partial charge in [0.25, 0.3) is 0 Å². The third-order valence-corrected chi connectivity index (χ3v) is 3.87. The zero-order chi connectivity index (χ0) is 18.0. The van der Waals surface area contributed by atoms with E-state index in [1.807, 2.05) is 54.9 Å². The predicted molar refractivity (Wildman–Crippen MR) is 98.1 cm³/mol. The Labute approximate surface area is 146 Å². The van der Waals surface area contributed by atoms with E-state index in [1.165, 1.54) is 5.56 Å². The van der Waals surface area contributed by atoms with Crippen molar-refractivity contribution < 1.29 is 4.79 Å². The van der Waals surface area contributed by atoms with Crippen molar-refractivity contribution in [2.24, 2.45) is 7.05 Å². The molecule has 0 unspecified atom stereocenters. The molecular weight excluding hydrogens is 316 g/mol. The first-order chi connectivity index (χ1) is 11.9. The second-order valence-electron chi connectivity index (χ2n) is 6.11. The van der Waals surface area contributed by atoms with Crippen LogP contribution in [0.15, 0.2) is 36.4 Å². The maximum absolute atomic E-state index is 12.1. The van der Waals surface area contributed by atoms with Crippen LogP contribution in [0.1, 0.15) is 17.0 Å². The van der Waals surface area contributed by atoms with Gasteiger partial charge < -0.3 is 10.6 Å². The molecule has 3 rings (SSSR count). The summed E-state index contributed by atoms with van der Waals surface area (Å²) in [4.78, 5) is 12.1. The van der Waals surface area contributed by atoms with Crippen LogP contribution < -0.4 is 10.6 Å². The summed E-state index contributed by atoms with van der Waals surface area (Å²) in [5, 5.41) is 14.6. The van der Waals surface area contributed by atoms with E-state index >= 15 is 0 Å². The maximum atomic E-state index is 12.1. The van der Waals surface area contributed by atoms with Gasteiger partial charge in [0.05, 0.1) is 17.9 Å². The van der Waals surface area contributed by atoms with Gasteiger partial charge in [-0.1, -0.05) is 17.7 Å². The van der Waals surface area contributed by atoms with E-state index in [0.29, 0.717) is 11.6 Å². The summed E-state index contributed by atoms with van der Waals surface area (Å²) in [6.07, 6.45) is 0. The summed E-state index contributed by atoms with van der Waals surface area (Å²) in [6.45, 7) is 6.05. The average molecular weight is 338 g/mol. The van der Waals surface area contributed by atoms with Gasteiger partial charge >= 0.3 is 0 Å². The lowest BCUT2D eigenvalue weighted by molar-refractivity contribution is -0.114. The maximum Gasteiger partial charge on any atom is 0.244 e. The number of nitrogens with one attached hydrogen (secondary N) is 2. The van der Waals surface area contributed by atoms with E-state index in [4.69, 9.17) is 0 Å². The number of benzene rings is 1. The van der Waals surface area contributed by atoms with Gasteiger partial charge in [-0.15, -0.1) is 0 Å². The van der Waals surface area contributed by atoms with E-state index < -0.39 is 0 Å². The van der Waals surface area contributed by atoms with Crippen molar-refractivity contribution in [1.29, 1.82) is 0 Å². The van der Waals surface area contributed by atoms with Crippen LogP contribution in [-0.2, 0) is 11.8 Å². The molecule has 0 bridgehead atoms. The highest BCUT2D eigenvalue weighted by molar-refractivity contribution is 5.92. The van der Waals surface area contributed by atoms with Crippen LogP contribution in [0.3, 0.4) is 0 Å². The van der Waals surface area contributed by atoms with Crippen molar-refractivity contribution >= 4 is 17.5 Å². The minimum atomic E-state index is -0.148. The molecule has 1 amide bonds. The average Bonchev–Trinajstić information content (AvgIpc) is 3.08. The molecule has 0 atom stereocenters. The number of aryl methyl sites for hydroxylation is 4. The summed E-state index contributed by atoms with van der Waals surface area (Å²) in [6, 6.07) is 11.9. The largest absolute Gasteiger partial charge is 0.360 e. The Balaban J connectivity index is 1.64. The second kappa shape index (κ2) is 6.80. The molecule has 0 aliphatic heterocycles. The number of hydrogen-bond acceptors (Lipinski definition) is 4. The van der Waals surface area contributed by atoms with E-state index in [2.05, 4.69) is 27.8 Å². The van der Waals surface area contributed by atoms with Gasteiger partial charge in [-0.25, -0.2) is 4.68 Å². The fraction of sp³-hybridized carbons (Fsp3) is 0.278. The molecule has 25 heavy (non-hydrogen) atoms. The van der Waals surface area contributed by atoms with Gasteiger partial charge in [-0.05, 0) is 32.9 Å². The third kappa shape index (κ3) is 3.88. The molecule has 2 aromatic heterocycles. The molecular formula is C18H22N6O. The Morgan fingerprint density at radius 1 is 1.08 bits per heavy atom. The molecule has 7 heteroatoms. The highest BCUT2D eigenvalue weighted by Gasteiger charge is 2.10. The molecule has 0 radical (unpaired) electrons. The van der Waals surface area contributed by atoms with Gasteiger partial charge in [-0.3, -0.25) is 9.48 Å². The van der Waals surface area contributed by atoms with E-state index in [1.54, 1.807) is 11.7 Å². The Kier molecular flexibility index (Phi) is 4.56. The number of aromatic nitrogens is 4. The fourth-order valence-electron chi connectivity index (χ4n) is 2.59. The van der Waals surface area contributed by atoms with Crippen LogP contribution >= 0.6 is 0 Å². The summed E-state index contributed by atoms with van der Waals surface area (Å²) in [5.41, 5.74) is 4.05. The summed E-state index contributed by atoms with van der Waals surface area (Å²) < 4.78 is 3.49. The Hall–Kier alpha value is -3.09. The number of carbonyl (C=O) groups excluding carboxylic acids is 1. The Morgan fingerprint density at radius 3 is 2.44 bits per heavy atom. The van der Waals surface area contributed by atoms with Crippen molar-refractivity contribution in [1.82, 2.24) is 19.6 Å². The van der Waals surface area contributed by atoms with Crippen LogP contribution in [0.25, 0.3) is 5.69 Å². The van der Waals surface area contributed by atoms with Crippen molar-refractivity contribution in [2.75, 3.05) is 17.2 Å². The van der Waals surface area contributed by atoms with Crippen molar-refractivity contribution in [2.45, 2.75) is 20.8 Å². The first-order valence-corrected chi connectivity index (χ1v) is 8.10. The Bertz CT molecular complexity index is 891. The van der Waals surface area contributed by atoms with Gasteiger partial charge in [0.15, 0.2) is 0 Å². The van der Waals surface area contributed by atoms with Crippen LogP contribution in [-0.4, -0.2) is 32.0 Å². The molecule has 0 saturated carbocycles. The quantitative estimate of drug-likeness (QED) is 0.750. The molecule has 0 aliphatic carbocycles. The number of nitrogens with zero attached hydrogens (tertiary/aromatic N) is 4. The normalized spacial score (nSPS) is 10.7. The highest BCUT2D eigenvalue weighted by Crippen LogP contribution is 2.15. The fourth-order valence-corrected chi connectivity index (χ4v) is 2.59. The number of rotatable bonds is 5. The molecule has 0 spiro atoms. The lowest BCUT2D eigenvalue weighted by Gasteiger charge is -2.06. The van der Waals surface area contributed by atoms with Gasteiger partial charge in [0, 0.05) is 24.9 Å². The number of hydrogen-bond donors (Lipinski definition) is 2. The van der Waals surface area contributed by atoms with E-state index in [0.717, 1.165) is 17.1 Å². The van der Waals surface area contributed by atoms with Crippen LogP contribution in [0.5, 0.6) is 0 Å². The number of anilines is 2. The number of carbonyl (C=O) groups is 1. The topological polar surface area (TPSA) is 76.8 Å². The van der Waals surface area contributed by atoms with Crippen molar-refractivity contribution in [3.63, 3.8) is 0 Å². The van der Waals surface area contributed by atoms with Gasteiger partial charge in [0.1, 0.15) is 11.6 Å². The van der Waals surface area contributed by atoms with Gasteiger partial charge in [-0.2, -0.15) is 10.2 Å². The molecule has 0 fully saturated rings. The number of amides is 1. The minimum Gasteiger partial charge on any atom is -0.360 e. The minimum absolute atomic E-state index is 0.134. The van der Waals surface area contributed by atoms with Crippen molar-refractivity contribution in [3.8, 4) is 5.69 Å². The molecule has 2 N–H and O–H groups in total. The summed E-state index contributed by atoms with van der Waals surface area (Å²) in [7, 11) is 1.79. The standard InChI is InChI=1S/C18H22N6O/c1-12-5-7-15(8-6-12)24-14(3)10-16(22-24)19-11-18(25)20-17-9-13(2)21-23(17)4/h5-10H,11H2,1-4H3,(H,19,22)(H,20,25). The monoisotopic (exact) mass is 338 g/mol. The smallest absolute Gasteiger partial charge is 0.244 e. The van der Waals surface area contributed by atoms with Crippen LogP contribution in [0.4, 0.5) is 11.6 Å². The zero-order valence-corrected chi connectivity index (χ0v) is 14.9. The molecule has 0 aliphatic rings. The lowest BCUT2D eigenvalue weighted by Crippen LogP contribution is -2.23.